The molecule has 1 aromatic carbocycles. The van der Waals surface area contributed by atoms with Gasteiger partial charge in [-0.1, -0.05) is 23.8 Å². The molecule has 146 valence electrons. The molecular formula is C19H25N3O4S. The van der Waals surface area contributed by atoms with Gasteiger partial charge in [0.1, 0.15) is 0 Å². The van der Waals surface area contributed by atoms with E-state index in [0.29, 0.717) is 45.6 Å². The van der Waals surface area contributed by atoms with Crippen LogP contribution in [0.2, 0.25) is 0 Å². The summed E-state index contributed by atoms with van der Waals surface area (Å²) in [6, 6.07) is 6.71. The van der Waals surface area contributed by atoms with E-state index in [9.17, 15) is 18.0 Å². The van der Waals surface area contributed by atoms with Gasteiger partial charge in [-0.3, -0.25) is 9.59 Å². The molecule has 7 nitrogen and oxygen atoms in total. The van der Waals surface area contributed by atoms with E-state index < -0.39 is 21.8 Å². The van der Waals surface area contributed by atoms with Crippen molar-refractivity contribution in [3.05, 3.63) is 42.5 Å². The summed E-state index contributed by atoms with van der Waals surface area (Å²) in [6.45, 7) is 7.53. The number of rotatable bonds is 5. The maximum Gasteiger partial charge on any atom is 0.312 e. The molecule has 0 N–H and O–H groups in total. The predicted octanol–water partition coefficient (Wildman–Crippen LogP) is 1.00. The highest BCUT2D eigenvalue weighted by molar-refractivity contribution is 7.89. The van der Waals surface area contributed by atoms with Gasteiger partial charge in [-0.25, -0.2) is 8.42 Å². The smallest absolute Gasteiger partial charge is 0.312 e. The first kappa shape index (κ1) is 19.6. The van der Waals surface area contributed by atoms with Crippen molar-refractivity contribution in [1.29, 1.82) is 0 Å². The Bertz CT molecular complexity index is 827. The van der Waals surface area contributed by atoms with Crippen LogP contribution < -0.4 is 0 Å². The summed E-state index contributed by atoms with van der Waals surface area (Å²) in [5, 5.41) is 0. The zero-order valence-corrected chi connectivity index (χ0v) is 16.3. The number of aryl methyl sites for hydroxylation is 1. The van der Waals surface area contributed by atoms with Crippen LogP contribution in [0.1, 0.15) is 18.4 Å². The Morgan fingerprint density at radius 2 is 1.67 bits per heavy atom. The number of nitrogens with zero attached hydrogens (tertiary/aromatic N) is 3. The number of piperidine rings is 1. The fraction of sp³-hybridized carbons (Fsp3) is 0.474. The van der Waals surface area contributed by atoms with Crippen molar-refractivity contribution in [1.82, 2.24) is 14.1 Å². The van der Waals surface area contributed by atoms with Gasteiger partial charge >= 0.3 is 11.8 Å². The van der Waals surface area contributed by atoms with Gasteiger partial charge in [0.15, 0.2) is 0 Å². The van der Waals surface area contributed by atoms with Crippen molar-refractivity contribution in [2.45, 2.75) is 30.7 Å². The Labute approximate surface area is 160 Å². The number of hydrogen-bond donors (Lipinski definition) is 0. The van der Waals surface area contributed by atoms with Crippen molar-refractivity contribution >= 4 is 21.8 Å². The lowest BCUT2D eigenvalue weighted by molar-refractivity contribution is -0.157. The van der Waals surface area contributed by atoms with Crippen LogP contribution in [-0.2, 0) is 19.6 Å². The molecule has 2 fully saturated rings. The minimum Gasteiger partial charge on any atom is -0.330 e. The largest absolute Gasteiger partial charge is 0.330 e. The lowest BCUT2D eigenvalue weighted by Gasteiger charge is -2.41. The topological polar surface area (TPSA) is 78.0 Å². The monoisotopic (exact) mass is 391 g/mol. The fourth-order valence-electron chi connectivity index (χ4n) is 3.62. The van der Waals surface area contributed by atoms with E-state index in [0.717, 1.165) is 5.56 Å². The van der Waals surface area contributed by atoms with Crippen molar-refractivity contribution in [2.75, 3.05) is 32.7 Å². The van der Waals surface area contributed by atoms with E-state index in [1.165, 1.54) is 9.21 Å². The van der Waals surface area contributed by atoms with Crippen LogP contribution in [-0.4, -0.2) is 73.1 Å². The number of amides is 2. The highest BCUT2D eigenvalue weighted by atomic mass is 32.2. The summed E-state index contributed by atoms with van der Waals surface area (Å²) in [5.41, 5.74) is 1.01. The van der Waals surface area contributed by atoms with Crippen LogP contribution in [0, 0.1) is 6.92 Å². The van der Waals surface area contributed by atoms with Gasteiger partial charge in [-0.15, -0.1) is 6.58 Å². The molecule has 0 saturated carbocycles. The van der Waals surface area contributed by atoms with Crippen LogP contribution in [0.25, 0.3) is 0 Å². The molecule has 2 amide bonds. The predicted molar refractivity (Wildman–Crippen MR) is 101 cm³/mol. The van der Waals surface area contributed by atoms with E-state index in [4.69, 9.17) is 0 Å². The minimum absolute atomic E-state index is 0.100. The highest BCUT2D eigenvalue weighted by Crippen LogP contribution is 2.24. The SMILES string of the molecule is C=CCN1CCN(C2CCN(S(=O)(=O)c3ccc(C)cc3)CC2)C(=O)C1=O. The number of piperazine rings is 1. The summed E-state index contributed by atoms with van der Waals surface area (Å²) in [4.78, 5) is 28.0. The van der Waals surface area contributed by atoms with E-state index in [1.807, 2.05) is 6.92 Å². The molecule has 2 saturated heterocycles. The summed E-state index contributed by atoms with van der Waals surface area (Å²) >= 11 is 0. The second-order valence-corrected chi connectivity index (χ2v) is 8.92. The summed E-state index contributed by atoms with van der Waals surface area (Å²) < 4.78 is 27.0. The zero-order valence-electron chi connectivity index (χ0n) is 15.5. The Kier molecular flexibility index (Phi) is 5.67. The quantitative estimate of drug-likeness (QED) is 0.554. The second-order valence-electron chi connectivity index (χ2n) is 6.99. The third-order valence-electron chi connectivity index (χ3n) is 5.21. The van der Waals surface area contributed by atoms with Crippen molar-refractivity contribution in [2.24, 2.45) is 0 Å². The molecular weight excluding hydrogens is 366 g/mol. The maximum absolute atomic E-state index is 12.8. The molecule has 0 atom stereocenters. The first-order valence-electron chi connectivity index (χ1n) is 9.12. The Hall–Kier alpha value is -2.19. The van der Waals surface area contributed by atoms with E-state index in [1.54, 1.807) is 35.2 Å². The Morgan fingerprint density at radius 1 is 1.04 bits per heavy atom. The lowest BCUT2D eigenvalue weighted by Crippen LogP contribution is -2.59. The molecule has 2 aliphatic rings. The van der Waals surface area contributed by atoms with Crippen molar-refractivity contribution < 1.29 is 18.0 Å². The molecule has 0 aromatic heterocycles. The van der Waals surface area contributed by atoms with Gasteiger partial charge in [0.2, 0.25) is 10.0 Å². The molecule has 0 radical (unpaired) electrons. The lowest BCUT2D eigenvalue weighted by atomic mass is 10.0. The van der Waals surface area contributed by atoms with Gasteiger partial charge in [-0.2, -0.15) is 4.31 Å². The number of carbonyl (C=O) groups excluding carboxylic acids is 2. The van der Waals surface area contributed by atoms with E-state index in [2.05, 4.69) is 6.58 Å². The molecule has 2 aliphatic heterocycles. The minimum atomic E-state index is -3.53. The number of hydrogen-bond acceptors (Lipinski definition) is 4. The molecule has 0 aliphatic carbocycles. The first-order valence-corrected chi connectivity index (χ1v) is 10.6. The molecule has 3 rings (SSSR count). The summed E-state index contributed by atoms with van der Waals surface area (Å²) in [7, 11) is -3.53. The van der Waals surface area contributed by atoms with Crippen LogP contribution in [0.5, 0.6) is 0 Å². The molecule has 8 heteroatoms. The van der Waals surface area contributed by atoms with Crippen LogP contribution in [0.15, 0.2) is 41.8 Å². The summed E-state index contributed by atoms with van der Waals surface area (Å²) in [5.74, 6) is -1.00. The second kappa shape index (κ2) is 7.82. The average Bonchev–Trinajstić information content (AvgIpc) is 2.66. The highest BCUT2D eigenvalue weighted by Gasteiger charge is 2.38. The Balaban J connectivity index is 1.63. The van der Waals surface area contributed by atoms with Crippen molar-refractivity contribution in [3.63, 3.8) is 0 Å². The third-order valence-corrected chi connectivity index (χ3v) is 7.13. The van der Waals surface area contributed by atoms with Crippen molar-refractivity contribution in [3.8, 4) is 0 Å². The van der Waals surface area contributed by atoms with Crippen LogP contribution >= 0.6 is 0 Å². The van der Waals surface area contributed by atoms with Gasteiger partial charge in [-0.05, 0) is 31.9 Å². The molecule has 27 heavy (non-hydrogen) atoms. The average molecular weight is 391 g/mol. The standard InChI is InChI=1S/C19H25N3O4S/c1-3-10-20-13-14-22(19(24)18(20)23)16-8-11-21(12-9-16)27(25,26)17-6-4-15(2)5-7-17/h3-7,16H,1,8-14H2,2H3. The van der Waals surface area contributed by atoms with Gasteiger partial charge in [0.05, 0.1) is 4.90 Å². The Morgan fingerprint density at radius 3 is 2.26 bits per heavy atom. The molecule has 2 heterocycles. The third kappa shape index (κ3) is 3.91. The fourth-order valence-corrected chi connectivity index (χ4v) is 5.09. The number of benzene rings is 1. The molecule has 1 aromatic rings. The van der Waals surface area contributed by atoms with E-state index >= 15 is 0 Å². The van der Waals surface area contributed by atoms with E-state index in [-0.39, 0.29) is 10.9 Å². The molecule has 0 unspecified atom stereocenters. The van der Waals surface area contributed by atoms with Crippen LogP contribution in [0.3, 0.4) is 0 Å². The first-order chi connectivity index (χ1) is 12.8. The number of sulfonamides is 1. The summed E-state index contributed by atoms with van der Waals surface area (Å²) in [6.07, 6.45) is 2.67. The zero-order chi connectivity index (χ0) is 19.6. The van der Waals surface area contributed by atoms with Gasteiger partial charge in [0, 0.05) is 38.8 Å². The molecule has 0 bridgehead atoms. The van der Waals surface area contributed by atoms with Gasteiger partial charge in [0.25, 0.3) is 0 Å². The molecule has 0 spiro atoms. The maximum atomic E-state index is 12.8. The normalized spacial score (nSPS) is 20.2. The van der Waals surface area contributed by atoms with Crippen LogP contribution in [0.4, 0.5) is 0 Å². The van der Waals surface area contributed by atoms with Gasteiger partial charge < -0.3 is 9.80 Å². The number of carbonyl (C=O) groups is 2.